The third-order valence-electron chi connectivity index (χ3n) is 2.66. The minimum atomic E-state index is -0.362. The first-order valence-corrected chi connectivity index (χ1v) is 7.13. The number of amides is 2. The van der Waals surface area contributed by atoms with Gasteiger partial charge in [0, 0.05) is 18.8 Å². The lowest BCUT2D eigenvalue weighted by molar-refractivity contribution is -0.127. The van der Waals surface area contributed by atoms with Gasteiger partial charge in [-0.05, 0) is 31.6 Å². The zero-order chi connectivity index (χ0) is 16.3. The third kappa shape index (κ3) is 16.6. The quantitative estimate of drug-likeness (QED) is 0.713. The first-order valence-electron chi connectivity index (χ1n) is 7.13. The van der Waals surface area contributed by atoms with Crippen LogP contribution in [0.2, 0.25) is 0 Å². The lowest BCUT2D eigenvalue weighted by Gasteiger charge is -2.13. The molecule has 5 heteroatoms. The number of ketones is 1. The van der Waals surface area contributed by atoms with Gasteiger partial charge < -0.3 is 16.3 Å². The lowest BCUT2D eigenvalue weighted by Crippen LogP contribution is -2.26. The normalized spacial score (nSPS) is 11.8. The van der Waals surface area contributed by atoms with Gasteiger partial charge in [0.1, 0.15) is 5.78 Å². The van der Waals surface area contributed by atoms with Gasteiger partial charge in [0.25, 0.3) is 0 Å². The molecule has 1 atom stereocenters. The highest BCUT2D eigenvalue weighted by Gasteiger charge is 2.18. The summed E-state index contributed by atoms with van der Waals surface area (Å²) >= 11 is 0. The Labute approximate surface area is 122 Å². The molecule has 0 aromatic heterocycles. The maximum Gasteiger partial charge on any atom is 0.220 e. The number of carbonyl (C=O) groups is 3. The smallest absolute Gasteiger partial charge is 0.220 e. The van der Waals surface area contributed by atoms with Crippen LogP contribution in [0.1, 0.15) is 60.3 Å². The van der Waals surface area contributed by atoms with Crippen LogP contribution >= 0.6 is 0 Å². The molecule has 0 aromatic carbocycles. The Kier molecular flexibility index (Phi) is 12.0. The van der Waals surface area contributed by atoms with Crippen LogP contribution in [0.15, 0.2) is 0 Å². The molecule has 4 N–H and O–H groups in total. The van der Waals surface area contributed by atoms with Crippen molar-refractivity contribution in [2.45, 2.75) is 60.3 Å². The fraction of sp³-hybridized carbons (Fsp3) is 0.800. The molecular weight excluding hydrogens is 256 g/mol. The summed E-state index contributed by atoms with van der Waals surface area (Å²) in [6, 6.07) is 0. The Bertz CT molecular complexity index is 312. The van der Waals surface area contributed by atoms with Crippen LogP contribution in [0.5, 0.6) is 0 Å². The Balaban J connectivity index is 0. The summed E-state index contributed by atoms with van der Waals surface area (Å²) < 4.78 is 0. The van der Waals surface area contributed by atoms with Crippen molar-refractivity contribution in [1.29, 1.82) is 0 Å². The average Bonchev–Trinajstić information content (AvgIpc) is 2.25. The molecule has 0 aliphatic rings. The monoisotopic (exact) mass is 286 g/mol. The molecule has 0 saturated carbocycles. The van der Waals surface area contributed by atoms with Crippen molar-refractivity contribution in [2.75, 3.05) is 0 Å². The third-order valence-corrected chi connectivity index (χ3v) is 2.66. The van der Waals surface area contributed by atoms with Crippen molar-refractivity contribution < 1.29 is 14.4 Å². The van der Waals surface area contributed by atoms with Crippen molar-refractivity contribution in [2.24, 2.45) is 29.2 Å². The summed E-state index contributed by atoms with van der Waals surface area (Å²) in [6.45, 7) is 9.65. The number of primary amides is 2. The molecule has 0 heterocycles. The van der Waals surface area contributed by atoms with Crippen LogP contribution in [0, 0.1) is 17.8 Å². The highest BCUT2D eigenvalue weighted by atomic mass is 16.1. The number of hydrogen-bond donors (Lipinski definition) is 2. The molecule has 0 aliphatic heterocycles. The Hall–Kier alpha value is -1.39. The Morgan fingerprint density at radius 3 is 1.65 bits per heavy atom. The van der Waals surface area contributed by atoms with Crippen LogP contribution in [0.25, 0.3) is 0 Å². The van der Waals surface area contributed by atoms with Crippen molar-refractivity contribution >= 4 is 17.6 Å². The van der Waals surface area contributed by atoms with E-state index in [1.807, 2.05) is 13.8 Å². The van der Waals surface area contributed by atoms with Crippen LogP contribution in [-0.2, 0) is 14.4 Å². The molecule has 0 saturated heterocycles. The maximum absolute atomic E-state index is 10.8. The maximum atomic E-state index is 10.8. The molecule has 0 spiro atoms. The van der Waals surface area contributed by atoms with Crippen molar-refractivity contribution in [3.05, 3.63) is 0 Å². The van der Waals surface area contributed by atoms with E-state index in [2.05, 4.69) is 13.8 Å². The van der Waals surface area contributed by atoms with Gasteiger partial charge in [-0.15, -0.1) is 0 Å². The highest BCUT2D eigenvalue weighted by Crippen LogP contribution is 2.15. The second-order valence-corrected chi connectivity index (χ2v) is 6.03. The van der Waals surface area contributed by atoms with Crippen LogP contribution in [0.3, 0.4) is 0 Å². The number of Topliss-reactive ketones (excluding diaryl/α,β-unsaturated/α-hetero) is 1. The summed E-state index contributed by atoms with van der Waals surface area (Å²) in [5.74, 6) is 0.184. The van der Waals surface area contributed by atoms with Gasteiger partial charge in [-0.2, -0.15) is 0 Å². The van der Waals surface area contributed by atoms with Gasteiger partial charge in [-0.3, -0.25) is 9.59 Å². The van der Waals surface area contributed by atoms with Gasteiger partial charge in [-0.1, -0.05) is 27.7 Å². The molecule has 0 fully saturated rings. The van der Waals surface area contributed by atoms with Crippen molar-refractivity contribution in [3.63, 3.8) is 0 Å². The number of carbonyl (C=O) groups excluding carboxylic acids is 3. The van der Waals surface area contributed by atoms with Gasteiger partial charge in [-0.25, -0.2) is 0 Å². The molecule has 1 unspecified atom stereocenters. The molecule has 0 aliphatic carbocycles. The minimum absolute atomic E-state index is 0.0273. The largest absolute Gasteiger partial charge is 0.370 e. The van der Waals surface area contributed by atoms with E-state index in [0.29, 0.717) is 24.7 Å². The molecule has 0 radical (unpaired) electrons. The van der Waals surface area contributed by atoms with E-state index in [1.165, 1.54) is 6.92 Å². The Morgan fingerprint density at radius 2 is 1.45 bits per heavy atom. The van der Waals surface area contributed by atoms with Gasteiger partial charge >= 0.3 is 0 Å². The topological polar surface area (TPSA) is 103 Å². The molecule has 20 heavy (non-hydrogen) atoms. The van der Waals surface area contributed by atoms with Crippen molar-refractivity contribution in [3.8, 4) is 0 Å². The molecule has 2 amide bonds. The van der Waals surface area contributed by atoms with E-state index < -0.39 is 0 Å². The van der Waals surface area contributed by atoms with Crippen LogP contribution < -0.4 is 11.5 Å². The zero-order valence-electron chi connectivity index (χ0n) is 13.4. The SMILES string of the molecule is CC(=O)CC(CC(C)C)C(N)=O.CC(C)CCC(N)=O. The summed E-state index contributed by atoms with van der Waals surface area (Å²) in [6.07, 6.45) is 2.43. The van der Waals surface area contributed by atoms with E-state index in [9.17, 15) is 14.4 Å². The van der Waals surface area contributed by atoms with Gasteiger partial charge in [0.2, 0.25) is 11.8 Å². The summed E-state index contributed by atoms with van der Waals surface area (Å²) in [4.78, 5) is 31.7. The molecule has 5 nitrogen and oxygen atoms in total. The van der Waals surface area contributed by atoms with E-state index in [0.717, 1.165) is 6.42 Å². The summed E-state index contributed by atoms with van der Waals surface area (Å²) in [5.41, 5.74) is 10.0. The second-order valence-electron chi connectivity index (χ2n) is 6.03. The first-order chi connectivity index (χ1) is 9.06. The van der Waals surface area contributed by atoms with Crippen LogP contribution in [-0.4, -0.2) is 17.6 Å². The minimum Gasteiger partial charge on any atom is -0.370 e. The molecule has 0 rings (SSSR count). The van der Waals surface area contributed by atoms with Gasteiger partial charge in [0.05, 0.1) is 0 Å². The molecule has 118 valence electrons. The van der Waals surface area contributed by atoms with Crippen LogP contribution in [0.4, 0.5) is 0 Å². The lowest BCUT2D eigenvalue weighted by atomic mass is 9.92. The van der Waals surface area contributed by atoms with E-state index in [1.54, 1.807) is 0 Å². The summed E-state index contributed by atoms with van der Waals surface area (Å²) in [5, 5.41) is 0. The fourth-order valence-corrected chi connectivity index (χ4v) is 1.65. The fourth-order valence-electron chi connectivity index (χ4n) is 1.65. The van der Waals surface area contributed by atoms with E-state index in [4.69, 9.17) is 11.5 Å². The average molecular weight is 286 g/mol. The predicted molar refractivity (Wildman–Crippen MR) is 80.7 cm³/mol. The number of rotatable bonds is 8. The predicted octanol–water partition coefficient (Wildman–Crippen LogP) is 2.02. The summed E-state index contributed by atoms with van der Waals surface area (Å²) in [7, 11) is 0. The standard InChI is InChI=1S/C9H17NO2.C6H13NO/c1-6(2)4-8(9(10)12)5-7(3)11;1-5(2)3-4-6(7)8/h6,8H,4-5H2,1-3H3,(H2,10,12);5H,3-4H2,1-2H3,(H2,7,8). The molecule has 0 bridgehead atoms. The number of nitrogens with two attached hydrogens (primary N) is 2. The van der Waals surface area contributed by atoms with E-state index in [-0.39, 0.29) is 29.9 Å². The van der Waals surface area contributed by atoms with Gasteiger partial charge in [0.15, 0.2) is 0 Å². The molecule has 0 aromatic rings. The number of hydrogen-bond acceptors (Lipinski definition) is 3. The molecular formula is C15H30N2O3. The Morgan fingerprint density at radius 1 is 0.950 bits per heavy atom. The van der Waals surface area contributed by atoms with Crippen molar-refractivity contribution in [1.82, 2.24) is 0 Å². The first kappa shape index (κ1) is 20.9. The second kappa shape index (κ2) is 11.4. The highest BCUT2D eigenvalue weighted by molar-refractivity contribution is 5.84. The zero-order valence-corrected chi connectivity index (χ0v) is 13.4. The van der Waals surface area contributed by atoms with E-state index >= 15 is 0 Å².